The predicted molar refractivity (Wildman–Crippen MR) is 122 cm³/mol. The van der Waals surface area contributed by atoms with E-state index in [0.29, 0.717) is 35.3 Å². The van der Waals surface area contributed by atoms with Gasteiger partial charge in [-0.25, -0.2) is 14.2 Å². The summed E-state index contributed by atoms with van der Waals surface area (Å²) in [5, 5.41) is 8.50. The van der Waals surface area contributed by atoms with Gasteiger partial charge in [-0.15, -0.1) is 5.10 Å². The third-order valence-corrected chi connectivity index (χ3v) is 5.15. The van der Waals surface area contributed by atoms with E-state index in [1.54, 1.807) is 54.3 Å². The van der Waals surface area contributed by atoms with E-state index < -0.39 is 5.69 Å². The van der Waals surface area contributed by atoms with E-state index in [9.17, 15) is 9.18 Å². The molecule has 34 heavy (non-hydrogen) atoms. The van der Waals surface area contributed by atoms with Gasteiger partial charge in [0, 0.05) is 37.5 Å². The molecule has 1 N–H and O–H groups in total. The van der Waals surface area contributed by atoms with Crippen molar-refractivity contribution in [3.63, 3.8) is 0 Å². The topological polar surface area (TPSA) is 104 Å². The first-order valence-electron chi connectivity index (χ1n) is 10.5. The van der Waals surface area contributed by atoms with Gasteiger partial charge in [-0.05, 0) is 42.8 Å². The number of pyridine rings is 2. The standard InChI is InChI=1S/C24H20FN7O2/c1-15-21(34-19-9-10-26-20(12-19)17-13-27-31(2)14-17)7-8-23(28-15)32-24(33)29-22(30-32)11-16-3-5-18(25)6-4-16/h3-10,12-14H,11H2,1-2H3,(H,29,30,33). The third kappa shape index (κ3) is 4.46. The average molecular weight is 457 g/mol. The van der Waals surface area contributed by atoms with Crippen LogP contribution >= 0.6 is 0 Å². The molecule has 1 aromatic carbocycles. The Morgan fingerprint density at radius 1 is 1.12 bits per heavy atom. The smallest absolute Gasteiger partial charge is 0.349 e. The Balaban J connectivity index is 1.36. The van der Waals surface area contributed by atoms with E-state index in [2.05, 4.69) is 25.1 Å². The number of hydrogen-bond donors (Lipinski definition) is 1. The van der Waals surface area contributed by atoms with Gasteiger partial charge >= 0.3 is 5.69 Å². The Hall–Kier alpha value is -4.60. The summed E-state index contributed by atoms with van der Waals surface area (Å²) in [6.45, 7) is 1.79. The Labute approximate surface area is 193 Å². The molecule has 0 atom stereocenters. The van der Waals surface area contributed by atoms with Crippen molar-refractivity contribution in [3.05, 3.63) is 101 Å². The van der Waals surface area contributed by atoms with E-state index >= 15 is 0 Å². The van der Waals surface area contributed by atoms with Crippen LogP contribution < -0.4 is 10.4 Å². The zero-order valence-electron chi connectivity index (χ0n) is 18.4. The zero-order valence-corrected chi connectivity index (χ0v) is 18.4. The van der Waals surface area contributed by atoms with Gasteiger partial charge in [0.1, 0.15) is 23.1 Å². The first kappa shape index (κ1) is 21.3. The monoisotopic (exact) mass is 457 g/mol. The molecular formula is C24H20FN7O2. The highest BCUT2D eigenvalue weighted by Crippen LogP contribution is 2.27. The van der Waals surface area contributed by atoms with Gasteiger partial charge in [0.05, 0.1) is 17.6 Å². The summed E-state index contributed by atoms with van der Waals surface area (Å²) in [4.78, 5) is 24.0. The summed E-state index contributed by atoms with van der Waals surface area (Å²) in [6.07, 6.45) is 5.64. The highest BCUT2D eigenvalue weighted by atomic mass is 19.1. The van der Waals surface area contributed by atoms with Crippen LogP contribution in [-0.4, -0.2) is 34.5 Å². The van der Waals surface area contributed by atoms with Crippen molar-refractivity contribution in [1.82, 2.24) is 34.5 Å². The summed E-state index contributed by atoms with van der Waals surface area (Å²) < 4.78 is 22.0. The summed E-state index contributed by atoms with van der Waals surface area (Å²) in [5.41, 5.74) is 2.63. The number of aromatic amines is 1. The van der Waals surface area contributed by atoms with Crippen molar-refractivity contribution < 1.29 is 9.13 Å². The maximum absolute atomic E-state index is 13.1. The molecule has 0 aliphatic carbocycles. The molecule has 4 aromatic heterocycles. The molecule has 0 saturated heterocycles. The van der Waals surface area contributed by atoms with Gasteiger partial charge in [0.2, 0.25) is 0 Å². The number of aryl methyl sites for hydroxylation is 2. The van der Waals surface area contributed by atoms with E-state index in [1.165, 1.54) is 16.8 Å². The normalized spacial score (nSPS) is 11.0. The Morgan fingerprint density at radius 2 is 1.94 bits per heavy atom. The maximum Gasteiger partial charge on any atom is 0.349 e. The van der Waals surface area contributed by atoms with Gasteiger partial charge < -0.3 is 4.74 Å². The number of H-pyrrole nitrogens is 1. The van der Waals surface area contributed by atoms with Crippen LogP contribution in [0.15, 0.2) is 71.9 Å². The first-order valence-corrected chi connectivity index (χ1v) is 10.5. The number of nitrogens with zero attached hydrogens (tertiary/aromatic N) is 6. The van der Waals surface area contributed by atoms with Crippen molar-refractivity contribution in [2.24, 2.45) is 7.05 Å². The number of halogens is 1. The van der Waals surface area contributed by atoms with Crippen LogP contribution in [-0.2, 0) is 13.5 Å². The van der Waals surface area contributed by atoms with Crippen molar-refractivity contribution in [2.45, 2.75) is 13.3 Å². The van der Waals surface area contributed by atoms with Crippen LogP contribution in [0.4, 0.5) is 4.39 Å². The fraction of sp³-hybridized carbons (Fsp3) is 0.125. The summed E-state index contributed by atoms with van der Waals surface area (Å²) >= 11 is 0. The maximum atomic E-state index is 13.1. The lowest BCUT2D eigenvalue weighted by atomic mass is 10.1. The number of rotatable bonds is 6. The molecule has 0 unspecified atom stereocenters. The Morgan fingerprint density at radius 3 is 2.68 bits per heavy atom. The summed E-state index contributed by atoms with van der Waals surface area (Å²) in [7, 11) is 1.84. The minimum Gasteiger partial charge on any atom is -0.455 e. The Kier molecular flexibility index (Phi) is 5.46. The molecule has 4 heterocycles. The third-order valence-electron chi connectivity index (χ3n) is 5.15. The molecule has 0 radical (unpaired) electrons. The molecule has 0 aliphatic rings. The Bertz CT molecular complexity index is 1520. The summed E-state index contributed by atoms with van der Waals surface area (Å²) in [5.74, 6) is 1.65. The molecule has 170 valence electrons. The molecule has 0 fully saturated rings. The lowest BCUT2D eigenvalue weighted by Gasteiger charge is -2.10. The highest BCUT2D eigenvalue weighted by molar-refractivity contribution is 5.59. The van der Waals surface area contributed by atoms with Gasteiger partial charge in [-0.3, -0.25) is 14.6 Å². The molecule has 0 amide bonds. The minimum atomic E-state index is -0.409. The zero-order chi connectivity index (χ0) is 23.7. The van der Waals surface area contributed by atoms with Crippen molar-refractivity contribution in [1.29, 1.82) is 0 Å². The fourth-order valence-corrected chi connectivity index (χ4v) is 3.47. The van der Waals surface area contributed by atoms with E-state index in [0.717, 1.165) is 16.8 Å². The van der Waals surface area contributed by atoms with Crippen molar-refractivity contribution in [3.8, 4) is 28.6 Å². The molecular weight excluding hydrogens is 437 g/mol. The fourth-order valence-electron chi connectivity index (χ4n) is 3.47. The average Bonchev–Trinajstić information content (AvgIpc) is 3.42. The van der Waals surface area contributed by atoms with Crippen LogP contribution in [0.2, 0.25) is 0 Å². The molecule has 0 bridgehead atoms. The van der Waals surface area contributed by atoms with Crippen LogP contribution in [0.25, 0.3) is 17.1 Å². The molecule has 0 spiro atoms. The molecule has 0 aliphatic heterocycles. The molecule has 0 saturated carbocycles. The van der Waals surface area contributed by atoms with Crippen molar-refractivity contribution >= 4 is 0 Å². The predicted octanol–water partition coefficient (Wildman–Crippen LogP) is 3.58. The number of ether oxygens (including phenoxy) is 1. The lowest BCUT2D eigenvalue weighted by Crippen LogP contribution is -2.17. The number of benzene rings is 1. The highest BCUT2D eigenvalue weighted by Gasteiger charge is 2.12. The SMILES string of the molecule is Cc1nc(-n2nc(Cc3ccc(F)cc3)[nH]c2=O)ccc1Oc1ccnc(-c2cnn(C)c2)c1. The van der Waals surface area contributed by atoms with Crippen LogP contribution in [0.1, 0.15) is 17.1 Å². The lowest BCUT2D eigenvalue weighted by molar-refractivity contribution is 0.475. The van der Waals surface area contributed by atoms with E-state index in [4.69, 9.17) is 4.74 Å². The van der Waals surface area contributed by atoms with E-state index in [1.807, 2.05) is 19.3 Å². The number of aromatic nitrogens is 7. The van der Waals surface area contributed by atoms with Gasteiger partial charge in [0.15, 0.2) is 5.82 Å². The van der Waals surface area contributed by atoms with Crippen LogP contribution in [0.5, 0.6) is 11.5 Å². The quantitative estimate of drug-likeness (QED) is 0.418. The van der Waals surface area contributed by atoms with E-state index in [-0.39, 0.29) is 5.82 Å². The van der Waals surface area contributed by atoms with Gasteiger partial charge in [-0.2, -0.15) is 9.78 Å². The van der Waals surface area contributed by atoms with Crippen LogP contribution in [0, 0.1) is 12.7 Å². The largest absolute Gasteiger partial charge is 0.455 e. The second kappa shape index (κ2) is 8.74. The van der Waals surface area contributed by atoms with Gasteiger partial charge in [0.25, 0.3) is 0 Å². The van der Waals surface area contributed by atoms with Crippen molar-refractivity contribution in [2.75, 3.05) is 0 Å². The number of nitrogens with one attached hydrogen (secondary N) is 1. The minimum absolute atomic E-state index is 0.315. The molecule has 5 rings (SSSR count). The first-order chi connectivity index (χ1) is 16.4. The number of hydrogen-bond acceptors (Lipinski definition) is 6. The molecule has 10 heteroatoms. The molecule has 5 aromatic rings. The summed E-state index contributed by atoms with van der Waals surface area (Å²) in [6, 6.07) is 13.0. The second-order valence-corrected chi connectivity index (χ2v) is 7.73. The van der Waals surface area contributed by atoms with Gasteiger partial charge in [-0.1, -0.05) is 12.1 Å². The second-order valence-electron chi connectivity index (χ2n) is 7.73. The van der Waals surface area contributed by atoms with Crippen LogP contribution in [0.3, 0.4) is 0 Å². The molecule has 9 nitrogen and oxygen atoms in total.